The van der Waals surface area contributed by atoms with E-state index in [1.165, 1.54) is 10.9 Å². The molecule has 0 aliphatic rings. The van der Waals surface area contributed by atoms with Crippen LogP contribution >= 0.6 is 0 Å². The van der Waals surface area contributed by atoms with E-state index in [1.54, 1.807) is 32.4 Å². The SMILES string of the molecule is COc1ccc(NC(=O)c2cn(C)nn2)c(N)c1. The Morgan fingerprint density at radius 3 is 2.83 bits per heavy atom. The minimum atomic E-state index is -0.361. The predicted molar refractivity (Wildman–Crippen MR) is 66.4 cm³/mol. The second-order valence-corrected chi connectivity index (χ2v) is 3.68. The van der Waals surface area contributed by atoms with Gasteiger partial charge in [-0.15, -0.1) is 5.10 Å². The lowest BCUT2D eigenvalue weighted by Crippen LogP contribution is -2.13. The van der Waals surface area contributed by atoms with Crippen molar-refractivity contribution in [2.45, 2.75) is 0 Å². The van der Waals surface area contributed by atoms with Crippen LogP contribution < -0.4 is 15.8 Å². The summed E-state index contributed by atoms with van der Waals surface area (Å²) in [4.78, 5) is 11.8. The maximum absolute atomic E-state index is 11.8. The molecule has 1 amide bonds. The number of anilines is 2. The minimum absolute atomic E-state index is 0.229. The molecule has 2 rings (SSSR count). The Labute approximate surface area is 104 Å². The molecule has 7 heteroatoms. The number of nitrogens with one attached hydrogen (secondary N) is 1. The molecule has 1 aromatic carbocycles. The molecule has 0 bridgehead atoms. The molecular weight excluding hydrogens is 234 g/mol. The number of nitrogens with zero attached hydrogens (tertiary/aromatic N) is 3. The summed E-state index contributed by atoms with van der Waals surface area (Å²) >= 11 is 0. The summed E-state index contributed by atoms with van der Waals surface area (Å²) < 4.78 is 6.48. The number of aromatic nitrogens is 3. The molecule has 0 fully saturated rings. The van der Waals surface area contributed by atoms with E-state index in [0.717, 1.165) is 0 Å². The van der Waals surface area contributed by atoms with Crippen molar-refractivity contribution in [1.29, 1.82) is 0 Å². The van der Waals surface area contributed by atoms with Crippen LogP contribution in [0.1, 0.15) is 10.5 Å². The maximum Gasteiger partial charge on any atom is 0.277 e. The van der Waals surface area contributed by atoms with Gasteiger partial charge in [0.2, 0.25) is 0 Å². The number of nitrogens with two attached hydrogens (primary N) is 1. The van der Waals surface area contributed by atoms with Gasteiger partial charge in [-0.3, -0.25) is 9.48 Å². The number of ether oxygens (including phenoxy) is 1. The zero-order valence-electron chi connectivity index (χ0n) is 10.0. The first kappa shape index (κ1) is 11.9. The van der Waals surface area contributed by atoms with Crippen LogP contribution in [0.3, 0.4) is 0 Å². The fourth-order valence-electron chi connectivity index (χ4n) is 1.42. The Kier molecular flexibility index (Phi) is 3.13. The van der Waals surface area contributed by atoms with Gasteiger partial charge in [0.1, 0.15) is 5.75 Å². The molecule has 0 saturated heterocycles. The van der Waals surface area contributed by atoms with Crippen molar-refractivity contribution in [3.8, 4) is 5.75 Å². The summed E-state index contributed by atoms with van der Waals surface area (Å²) in [5, 5.41) is 10.1. The van der Waals surface area contributed by atoms with E-state index in [1.807, 2.05) is 0 Å². The Morgan fingerprint density at radius 2 is 2.28 bits per heavy atom. The van der Waals surface area contributed by atoms with Gasteiger partial charge in [-0.05, 0) is 12.1 Å². The van der Waals surface area contributed by atoms with E-state index >= 15 is 0 Å². The number of hydrogen-bond acceptors (Lipinski definition) is 5. The standard InChI is InChI=1S/C11H13N5O2/c1-16-6-10(14-15-16)11(17)13-9-4-3-7(18-2)5-8(9)12/h3-6H,12H2,1-2H3,(H,13,17). The second-order valence-electron chi connectivity index (χ2n) is 3.68. The van der Waals surface area contributed by atoms with Gasteiger partial charge in [-0.1, -0.05) is 5.21 Å². The molecule has 0 radical (unpaired) electrons. The second kappa shape index (κ2) is 4.74. The molecule has 1 heterocycles. The van der Waals surface area contributed by atoms with E-state index < -0.39 is 0 Å². The number of hydrogen-bond donors (Lipinski definition) is 2. The molecular formula is C11H13N5O2. The van der Waals surface area contributed by atoms with Crippen LogP contribution in [0, 0.1) is 0 Å². The lowest BCUT2D eigenvalue weighted by atomic mass is 10.2. The van der Waals surface area contributed by atoms with E-state index in [2.05, 4.69) is 15.6 Å². The minimum Gasteiger partial charge on any atom is -0.497 e. The number of carbonyl (C=O) groups is 1. The topological polar surface area (TPSA) is 95.1 Å². The lowest BCUT2D eigenvalue weighted by molar-refractivity contribution is 0.102. The van der Waals surface area contributed by atoms with Gasteiger partial charge >= 0.3 is 0 Å². The van der Waals surface area contributed by atoms with Crippen LogP contribution in [0.5, 0.6) is 5.75 Å². The largest absolute Gasteiger partial charge is 0.497 e. The third-order valence-electron chi connectivity index (χ3n) is 2.34. The Morgan fingerprint density at radius 1 is 1.50 bits per heavy atom. The van der Waals surface area contributed by atoms with Crippen LogP contribution in [0.4, 0.5) is 11.4 Å². The van der Waals surface area contributed by atoms with Crippen LogP contribution in [-0.4, -0.2) is 28.0 Å². The molecule has 0 aliphatic heterocycles. The van der Waals surface area contributed by atoms with Crippen molar-refractivity contribution >= 4 is 17.3 Å². The molecule has 7 nitrogen and oxygen atoms in total. The number of benzene rings is 1. The molecule has 3 N–H and O–H groups in total. The molecule has 0 spiro atoms. The van der Waals surface area contributed by atoms with Crippen molar-refractivity contribution in [1.82, 2.24) is 15.0 Å². The first-order valence-electron chi connectivity index (χ1n) is 5.21. The highest BCUT2D eigenvalue weighted by Crippen LogP contribution is 2.24. The van der Waals surface area contributed by atoms with Crippen molar-refractivity contribution < 1.29 is 9.53 Å². The van der Waals surface area contributed by atoms with Crippen LogP contribution in [0.15, 0.2) is 24.4 Å². The van der Waals surface area contributed by atoms with Gasteiger partial charge in [-0.2, -0.15) is 0 Å². The highest BCUT2D eigenvalue weighted by molar-refractivity contribution is 6.04. The molecule has 1 aromatic heterocycles. The molecule has 2 aromatic rings. The number of nitrogen functional groups attached to an aromatic ring is 1. The first-order valence-corrected chi connectivity index (χ1v) is 5.21. The van der Waals surface area contributed by atoms with Crippen LogP contribution in [0.2, 0.25) is 0 Å². The molecule has 0 aliphatic carbocycles. The Balaban J connectivity index is 2.16. The van der Waals surface area contributed by atoms with E-state index in [4.69, 9.17) is 10.5 Å². The zero-order chi connectivity index (χ0) is 13.1. The molecule has 18 heavy (non-hydrogen) atoms. The zero-order valence-corrected chi connectivity index (χ0v) is 10.0. The summed E-state index contributed by atoms with van der Waals surface area (Å²) in [6.45, 7) is 0. The number of carbonyl (C=O) groups excluding carboxylic acids is 1. The summed E-state index contributed by atoms with van der Waals surface area (Å²) in [6.07, 6.45) is 1.52. The third kappa shape index (κ3) is 2.40. The first-order chi connectivity index (χ1) is 8.60. The smallest absolute Gasteiger partial charge is 0.277 e. The van der Waals surface area contributed by atoms with Gasteiger partial charge in [0.15, 0.2) is 5.69 Å². The number of amides is 1. The molecule has 94 valence electrons. The number of aryl methyl sites for hydroxylation is 1. The van der Waals surface area contributed by atoms with Crippen molar-refractivity contribution in [2.75, 3.05) is 18.2 Å². The lowest BCUT2D eigenvalue weighted by Gasteiger charge is -2.08. The van der Waals surface area contributed by atoms with Crippen molar-refractivity contribution in [3.05, 3.63) is 30.1 Å². The van der Waals surface area contributed by atoms with E-state index in [0.29, 0.717) is 17.1 Å². The highest BCUT2D eigenvalue weighted by Gasteiger charge is 2.11. The summed E-state index contributed by atoms with van der Waals surface area (Å²) in [6, 6.07) is 5.01. The summed E-state index contributed by atoms with van der Waals surface area (Å²) in [7, 11) is 3.23. The normalized spacial score (nSPS) is 10.1. The van der Waals surface area contributed by atoms with Gasteiger partial charge in [0, 0.05) is 13.1 Å². The van der Waals surface area contributed by atoms with E-state index in [9.17, 15) is 4.79 Å². The quantitative estimate of drug-likeness (QED) is 0.777. The van der Waals surface area contributed by atoms with Gasteiger partial charge in [0.25, 0.3) is 5.91 Å². The van der Waals surface area contributed by atoms with Gasteiger partial charge < -0.3 is 15.8 Å². The van der Waals surface area contributed by atoms with Crippen molar-refractivity contribution in [3.63, 3.8) is 0 Å². The summed E-state index contributed by atoms with van der Waals surface area (Å²) in [5.74, 6) is 0.268. The number of rotatable bonds is 3. The summed E-state index contributed by atoms with van der Waals surface area (Å²) in [5.41, 5.74) is 6.95. The highest BCUT2D eigenvalue weighted by atomic mass is 16.5. The van der Waals surface area contributed by atoms with Crippen LogP contribution in [0.25, 0.3) is 0 Å². The van der Waals surface area contributed by atoms with Crippen molar-refractivity contribution in [2.24, 2.45) is 7.05 Å². The van der Waals surface area contributed by atoms with Gasteiger partial charge in [0.05, 0.1) is 24.7 Å². The van der Waals surface area contributed by atoms with E-state index in [-0.39, 0.29) is 11.6 Å². The maximum atomic E-state index is 11.8. The Hall–Kier alpha value is -2.57. The fraction of sp³-hybridized carbons (Fsp3) is 0.182. The van der Waals surface area contributed by atoms with Gasteiger partial charge in [-0.25, -0.2) is 0 Å². The third-order valence-corrected chi connectivity index (χ3v) is 2.34. The Bertz CT molecular complexity index is 579. The molecule has 0 saturated carbocycles. The monoisotopic (exact) mass is 247 g/mol. The number of methoxy groups -OCH3 is 1. The average Bonchev–Trinajstić information content (AvgIpc) is 2.78. The predicted octanol–water partition coefficient (Wildman–Crippen LogP) is 0.658. The molecule has 0 unspecified atom stereocenters. The molecule has 0 atom stereocenters. The fourth-order valence-corrected chi connectivity index (χ4v) is 1.42. The van der Waals surface area contributed by atoms with Crippen LogP contribution in [-0.2, 0) is 7.05 Å². The average molecular weight is 247 g/mol.